The zero-order valence-corrected chi connectivity index (χ0v) is 13.5. The molecule has 1 aliphatic heterocycles. The van der Waals surface area contributed by atoms with E-state index in [0.29, 0.717) is 6.54 Å². The van der Waals surface area contributed by atoms with E-state index in [2.05, 4.69) is 38.4 Å². The maximum absolute atomic E-state index is 6.18. The zero-order valence-electron chi connectivity index (χ0n) is 11.1. The number of hydrogen-bond acceptors (Lipinski definition) is 3. The molecule has 0 saturated carbocycles. The summed E-state index contributed by atoms with van der Waals surface area (Å²) < 4.78 is 8.60. The summed E-state index contributed by atoms with van der Waals surface area (Å²) in [5, 5.41) is 8.20. The number of nitrogens with zero attached hydrogens (tertiary/aromatic N) is 3. The quantitative estimate of drug-likeness (QED) is 0.784. The van der Waals surface area contributed by atoms with E-state index < -0.39 is 0 Å². The average molecular weight is 357 g/mol. The van der Waals surface area contributed by atoms with Gasteiger partial charge in [0.25, 0.3) is 0 Å². The van der Waals surface area contributed by atoms with E-state index in [1.54, 1.807) is 0 Å². The van der Waals surface area contributed by atoms with Crippen LogP contribution in [0.25, 0.3) is 0 Å². The van der Waals surface area contributed by atoms with E-state index in [0.717, 1.165) is 40.9 Å². The highest BCUT2D eigenvalue weighted by molar-refractivity contribution is 9.10. The van der Waals surface area contributed by atoms with Gasteiger partial charge in [-0.15, -0.1) is 16.7 Å². The molecule has 20 heavy (non-hydrogen) atoms. The second-order valence-electron chi connectivity index (χ2n) is 4.87. The van der Waals surface area contributed by atoms with Crippen LogP contribution in [0.15, 0.2) is 22.8 Å². The Labute approximate surface area is 131 Å². The van der Waals surface area contributed by atoms with Crippen molar-refractivity contribution in [2.24, 2.45) is 0 Å². The predicted molar refractivity (Wildman–Crippen MR) is 81.4 cm³/mol. The van der Waals surface area contributed by atoms with Crippen molar-refractivity contribution in [3.63, 3.8) is 0 Å². The van der Waals surface area contributed by atoms with Crippen LogP contribution in [-0.4, -0.2) is 21.6 Å². The van der Waals surface area contributed by atoms with Gasteiger partial charge >= 0.3 is 0 Å². The van der Waals surface area contributed by atoms with E-state index in [4.69, 9.17) is 16.3 Å². The van der Waals surface area contributed by atoms with Gasteiger partial charge in [0.1, 0.15) is 11.4 Å². The summed E-state index contributed by atoms with van der Waals surface area (Å²) in [6, 6.07) is 4.19. The minimum absolute atomic E-state index is 0.0757. The lowest BCUT2D eigenvalue weighted by Crippen LogP contribution is -2.02. The zero-order chi connectivity index (χ0) is 14.1. The number of alkyl halides is 1. The number of benzene rings is 1. The van der Waals surface area contributed by atoms with Crippen LogP contribution in [0.4, 0.5) is 0 Å². The molecule has 3 rings (SSSR count). The van der Waals surface area contributed by atoms with Crippen molar-refractivity contribution in [3.8, 4) is 5.75 Å². The maximum atomic E-state index is 6.18. The molecule has 0 spiro atoms. The van der Waals surface area contributed by atoms with Gasteiger partial charge in [-0.25, -0.2) is 4.68 Å². The Morgan fingerprint density at radius 2 is 2.35 bits per heavy atom. The molecule has 0 aliphatic carbocycles. The number of aromatic nitrogens is 3. The average Bonchev–Trinajstić information content (AvgIpc) is 3.06. The lowest BCUT2D eigenvalue weighted by molar-refractivity contribution is 0.352. The van der Waals surface area contributed by atoms with Crippen LogP contribution < -0.4 is 4.74 Å². The third-order valence-corrected chi connectivity index (χ3v) is 4.38. The Balaban J connectivity index is 1.86. The Morgan fingerprint density at radius 1 is 1.50 bits per heavy atom. The lowest BCUT2D eigenvalue weighted by atomic mass is 10.1. The molecule has 1 aromatic carbocycles. The summed E-state index contributed by atoms with van der Waals surface area (Å²) >= 11 is 9.72. The molecule has 1 atom stereocenters. The molecular weight excluding hydrogens is 342 g/mol. The van der Waals surface area contributed by atoms with Gasteiger partial charge in [0, 0.05) is 16.5 Å². The second kappa shape index (κ2) is 5.74. The maximum Gasteiger partial charge on any atom is 0.127 e. The lowest BCUT2D eigenvalue weighted by Gasteiger charge is -2.08. The van der Waals surface area contributed by atoms with Crippen molar-refractivity contribution < 1.29 is 4.74 Å². The molecule has 0 saturated heterocycles. The van der Waals surface area contributed by atoms with Gasteiger partial charge in [0.2, 0.25) is 0 Å². The molecule has 0 N–H and O–H groups in total. The highest BCUT2D eigenvalue weighted by Crippen LogP contribution is 2.33. The van der Waals surface area contributed by atoms with Crippen molar-refractivity contribution in [2.75, 3.05) is 6.61 Å². The van der Waals surface area contributed by atoms with Crippen molar-refractivity contribution >= 4 is 27.5 Å². The highest BCUT2D eigenvalue weighted by atomic mass is 79.9. The fourth-order valence-corrected chi connectivity index (χ4v) is 3.03. The first-order valence-electron chi connectivity index (χ1n) is 6.65. The van der Waals surface area contributed by atoms with Gasteiger partial charge in [0.05, 0.1) is 24.7 Å². The third kappa shape index (κ3) is 2.69. The minimum Gasteiger partial charge on any atom is -0.493 e. The summed E-state index contributed by atoms with van der Waals surface area (Å²) in [6.07, 6.45) is 3.71. The van der Waals surface area contributed by atoms with Gasteiger partial charge < -0.3 is 4.74 Å². The van der Waals surface area contributed by atoms with Crippen molar-refractivity contribution in [2.45, 2.75) is 31.7 Å². The van der Waals surface area contributed by atoms with E-state index >= 15 is 0 Å². The largest absolute Gasteiger partial charge is 0.493 e. The van der Waals surface area contributed by atoms with Gasteiger partial charge in [-0.05, 0) is 24.1 Å². The molecule has 0 bridgehead atoms. The van der Waals surface area contributed by atoms with Crippen LogP contribution in [0.5, 0.6) is 5.75 Å². The van der Waals surface area contributed by atoms with Crippen LogP contribution in [0, 0.1) is 0 Å². The van der Waals surface area contributed by atoms with Crippen LogP contribution in [0.2, 0.25) is 0 Å². The van der Waals surface area contributed by atoms with Crippen molar-refractivity contribution in [1.82, 2.24) is 15.0 Å². The van der Waals surface area contributed by atoms with Crippen molar-refractivity contribution in [1.29, 1.82) is 0 Å². The monoisotopic (exact) mass is 355 g/mol. The Hall–Kier alpha value is -1.07. The molecule has 6 heteroatoms. The summed E-state index contributed by atoms with van der Waals surface area (Å²) in [4.78, 5) is 0. The molecule has 1 aliphatic rings. The molecule has 0 fully saturated rings. The molecule has 2 aromatic rings. The van der Waals surface area contributed by atoms with Gasteiger partial charge in [-0.1, -0.05) is 28.1 Å². The summed E-state index contributed by atoms with van der Waals surface area (Å²) in [5.74, 6) is 0.989. The fourth-order valence-electron chi connectivity index (χ4n) is 2.38. The smallest absolute Gasteiger partial charge is 0.127 e. The highest BCUT2D eigenvalue weighted by Gasteiger charge is 2.18. The van der Waals surface area contributed by atoms with Gasteiger partial charge in [0.15, 0.2) is 0 Å². The van der Waals surface area contributed by atoms with Gasteiger partial charge in [-0.2, -0.15) is 0 Å². The predicted octanol–water partition coefficient (Wildman–Crippen LogP) is 3.71. The van der Waals surface area contributed by atoms with E-state index in [1.807, 2.05) is 17.8 Å². The molecule has 2 heterocycles. The van der Waals surface area contributed by atoms with Crippen LogP contribution in [0.3, 0.4) is 0 Å². The van der Waals surface area contributed by atoms with Crippen LogP contribution in [-0.2, 0) is 13.0 Å². The minimum atomic E-state index is -0.0757. The third-order valence-electron chi connectivity index (χ3n) is 3.39. The fraction of sp³-hybridized carbons (Fsp3) is 0.429. The normalized spacial score (nSPS) is 14.9. The van der Waals surface area contributed by atoms with Crippen molar-refractivity contribution in [3.05, 3.63) is 39.6 Å². The number of fused-ring (bicyclic) bond motifs is 1. The molecule has 1 aromatic heterocycles. The van der Waals surface area contributed by atoms with E-state index in [1.165, 1.54) is 5.56 Å². The Kier molecular flexibility index (Phi) is 3.98. The molecule has 1 unspecified atom stereocenters. The second-order valence-corrected chi connectivity index (χ2v) is 6.31. The van der Waals surface area contributed by atoms with E-state index in [9.17, 15) is 0 Å². The molecule has 0 radical (unpaired) electrons. The standard InChI is InChI=1S/C14H15BrClN3O/c1-2-12(16)13-8-19(18-17-13)7-10-6-11(15)5-9-3-4-20-14(9)10/h5-6,8,12H,2-4,7H2,1H3. The Morgan fingerprint density at radius 3 is 3.15 bits per heavy atom. The van der Waals surface area contributed by atoms with Crippen LogP contribution >= 0.6 is 27.5 Å². The SMILES string of the molecule is CCC(Cl)c1cn(Cc2cc(Br)cc3c2OCC3)nn1. The summed E-state index contributed by atoms with van der Waals surface area (Å²) in [5.41, 5.74) is 3.19. The first kappa shape index (κ1) is 13.9. The molecular formula is C14H15BrClN3O. The van der Waals surface area contributed by atoms with E-state index in [-0.39, 0.29) is 5.38 Å². The Bertz CT molecular complexity index is 629. The number of hydrogen-bond donors (Lipinski definition) is 0. The van der Waals surface area contributed by atoms with Gasteiger partial charge in [-0.3, -0.25) is 0 Å². The topological polar surface area (TPSA) is 39.9 Å². The molecule has 4 nitrogen and oxygen atoms in total. The first-order valence-corrected chi connectivity index (χ1v) is 7.88. The summed E-state index contributed by atoms with van der Waals surface area (Å²) in [7, 11) is 0. The summed E-state index contributed by atoms with van der Waals surface area (Å²) in [6.45, 7) is 3.43. The molecule has 106 valence electrons. The van der Waals surface area contributed by atoms with Crippen LogP contribution in [0.1, 0.15) is 35.5 Å². The molecule has 0 amide bonds. The number of rotatable bonds is 4. The number of halogens is 2. The number of ether oxygens (including phenoxy) is 1. The first-order chi connectivity index (χ1) is 9.67.